The fraction of sp³-hybridized carbons (Fsp3) is 0.526. The number of carbonyl (C=O) groups excluding carboxylic acids is 2. The number of aromatic nitrogens is 2. The Bertz CT molecular complexity index is 811. The van der Waals surface area contributed by atoms with Gasteiger partial charge in [-0.25, -0.2) is 4.98 Å². The number of nitrogens with one attached hydrogen (secondary N) is 1. The fourth-order valence-corrected chi connectivity index (χ4v) is 3.69. The molecule has 0 aliphatic carbocycles. The Labute approximate surface area is 153 Å². The van der Waals surface area contributed by atoms with Gasteiger partial charge in [0, 0.05) is 25.7 Å². The summed E-state index contributed by atoms with van der Waals surface area (Å²) in [5.41, 5.74) is 8.77. The first-order valence-electron chi connectivity index (χ1n) is 9.22. The molecule has 3 N–H and O–H groups in total. The maximum Gasteiger partial charge on any atom is 0.245 e. The molecule has 1 aromatic carbocycles. The number of nitrogens with two attached hydrogens (primary N) is 1. The number of imidazole rings is 1. The van der Waals surface area contributed by atoms with Crippen molar-refractivity contribution in [1.29, 1.82) is 0 Å². The predicted molar refractivity (Wildman–Crippen MR) is 101 cm³/mol. The molecule has 2 aromatic rings. The number of aryl methyl sites for hydroxylation is 1. The number of aromatic amines is 1. The highest BCUT2D eigenvalue weighted by molar-refractivity contribution is 5.89. The van der Waals surface area contributed by atoms with E-state index in [9.17, 15) is 9.59 Å². The minimum atomic E-state index is -0.449. The van der Waals surface area contributed by atoms with Crippen molar-refractivity contribution in [3.05, 3.63) is 29.6 Å². The first-order valence-corrected chi connectivity index (χ1v) is 9.22. The number of nitrogens with zero attached hydrogens (tertiary/aromatic N) is 3. The molecule has 0 unspecified atom stereocenters. The molecule has 0 spiro atoms. The predicted octanol–water partition coefficient (Wildman–Crippen LogP) is 1.21. The van der Waals surface area contributed by atoms with Crippen LogP contribution in [0.4, 0.5) is 0 Å². The summed E-state index contributed by atoms with van der Waals surface area (Å²) in [5, 5.41) is 0. The van der Waals surface area contributed by atoms with E-state index in [1.165, 1.54) is 0 Å². The monoisotopic (exact) mass is 357 g/mol. The smallest absolute Gasteiger partial charge is 0.245 e. The van der Waals surface area contributed by atoms with Gasteiger partial charge < -0.3 is 20.5 Å². The van der Waals surface area contributed by atoms with Crippen molar-refractivity contribution in [2.45, 2.75) is 45.7 Å². The van der Waals surface area contributed by atoms with E-state index >= 15 is 0 Å². The Kier molecular flexibility index (Phi) is 5.27. The zero-order valence-electron chi connectivity index (χ0n) is 15.7. The molecule has 1 aliphatic heterocycles. The van der Waals surface area contributed by atoms with E-state index in [4.69, 9.17) is 5.73 Å². The second kappa shape index (κ2) is 7.45. The van der Waals surface area contributed by atoms with E-state index in [-0.39, 0.29) is 24.3 Å². The number of rotatable bonds is 5. The summed E-state index contributed by atoms with van der Waals surface area (Å²) in [6, 6.07) is 5.18. The number of likely N-dealkylation sites (N-methyl/N-ethyl adjacent to an activating group) is 1. The zero-order chi connectivity index (χ0) is 18.8. The molecular formula is C19H27N5O2. The van der Waals surface area contributed by atoms with Crippen molar-refractivity contribution in [1.82, 2.24) is 19.8 Å². The third-order valence-corrected chi connectivity index (χ3v) is 5.03. The van der Waals surface area contributed by atoms with Crippen molar-refractivity contribution >= 4 is 22.8 Å². The van der Waals surface area contributed by atoms with Crippen LogP contribution in [-0.4, -0.2) is 63.3 Å². The molecule has 1 fully saturated rings. The molecule has 26 heavy (non-hydrogen) atoms. The van der Waals surface area contributed by atoms with Gasteiger partial charge in [0.25, 0.3) is 0 Å². The van der Waals surface area contributed by atoms with Gasteiger partial charge >= 0.3 is 0 Å². The van der Waals surface area contributed by atoms with E-state index in [2.05, 4.69) is 9.97 Å². The van der Waals surface area contributed by atoms with Crippen LogP contribution >= 0.6 is 0 Å². The average molecular weight is 357 g/mol. The van der Waals surface area contributed by atoms with Crippen LogP contribution in [0.25, 0.3) is 11.0 Å². The maximum absolute atomic E-state index is 12.9. The number of hydrogen-bond acceptors (Lipinski definition) is 4. The second-order valence-electron chi connectivity index (χ2n) is 6.92. The molecule has 2 amide bonds. The minimum absolute atomic E-state index is 0.00375. The number of H-pyrrole nitrogens is 1. The summed E-state index contributed by atoms with van der Waals surface area (Å²) < 4.78 is 0. The molecule has 0 radical (unpaired) electrons. The Hall–Kier alpha value is -2.41. The van der Waals surface area contributed by atoms with Crippen molar-refractivity contribution in [2.75, 3.05) is 19.6 Å². The Morgan fingerprint density at radius 1 is 1.35 bits per heavy atom. The Balaban J connectivity index is 1.76. The van der Waals surface area contributed by atoms with Crippen molar-refractivity contribution in [2.24, 2.45) is 5.73 Å². The van der Waals surface area contributed by atoms with Crippen LogP contribution < -0.4 is 5.73 Å². The van der Waals surface area contributed by atoms with Crippen LogP contribution in [0, 0.1) is 6.92 Å². The van der Waals surface area contributed by atoms with E-state index < -0.39 is 6.04 Å². The molecule has 140 valence electrons. The third kappa shape index (κ3) is 3.58. The van der Waals surface area contributed by atoms with Crippen molar-refractivity contribution in [3.8, 4) is 0 Å². The van der Waals surface area contributed by atoms with Crippen LogP contribution in [-0.2, 0) is 16.0 Å². The van der Waals surface area contributed by atoms with Crippen LogP contribution in [0.1, 0.15) is 31.7 Å². The lowest BCUT2D eigenvalue weighted by Gasteiger charge is -2.29. The van der Waals surface area contributed by atoms with Gasteiger partial charge in [-0.2, -0.15) is 0 Å². The van der Waals surface area contributed by atoms with Gasteiger partial charge in [-0.15, -0.1) is 0 Å². The molecule has 3 rings (SSSR count). The molecule has 1 saturated heterocycles. The second-order valence-corrected chi connectivity index (χ2v) is 6.92. The first kappa shape index (κ1) is 18.4. The summed E-state index contributed by atoms with van der Waals surface area (Å²) in [6.45, 7) is 7.51. The van der Waals surface area contributed by atoms with Gasteiger partial charge in [0.05, 0.1) is 17.5 Å². The Morgan fingerprint density at radius 3 is 2.77 bits per heavy atom. The molecule has 7 heteroatoms. The number of amides is 2. The Morgan fingerprint density at radius 2 is 2.08 bits per heavy atom. The number of benzene rings is 1. The SMILES string of the molecule is CCN(CC)C(=O)[C@@H]1C[C@@H](N)CN1C(=O)Cc1ccc2nc(C)[nH]c2c1. The minimum Gasteiger partial charge on any atom is -0.342 e. The summed E-state index contributed by atoms with van der Waals surface area (Å²) in [5.74, 6) is 0.786. The summed E-state index contributed by atoms with van der Waals surface area (Å²) in [6.07, 6.45) is 0.780. The lowest BCUT2D eigenvalue weighted by atomic mass is 10.1. The largest absolute Gasteiger partial charge is 0.342 e. The van der Waals surface area contributed by atoms with Gasteiger partial charge in [0.15, 0.2) is 0 Å². The number of hydrogen-bond donors (Lipinski definition) is 2. The van der Waals surface area contributed by atoms with Gasteiger partial charge in [0.1, 0.15) is 11.9 Å². The standard InChI is InChI=1S/C19H27N5O2/c1-4-23(5-2)19(26)17-10-14(20)11-24(17)18(25)9-13-6-7-15-16(8-13)22-12(3)21-15/h6-8,14,17H,4-5,9-11,20H2,1-3H3,(H,21,22)/t14-,17+/m1/s1. The lowest BCUT2D eigenvalue weighted by Crippen LogP contribution is -2.48. The molecule has 1 aromatic heterocycles. The molecule has 2 atom stereocenters. The number of carbonyl (C=O) groups is 2. The van der Waals surface area contributed by atoms with E-state index in [0.717, 1.165) is 22.4 Å². The van der Waals surface area contributed by atoms with E-state index in [1.54, 1.807) is 9.80 Å². The third-order valence-electron chi connectivity index (χ3n) is 5.03. The van der Waals surface area contributed by atoms with Gasteiger partial charge in [-0.1, -0.05) is 6.07 Å². The highest BCUT2D eigenvalue weighted by atomic mass is 16.2. The van der Waals surface area contributed by atoms with E-state index in [1.807, 2.05) is 39.0 Å². The average Bonchev–Trinajstić information content (AvgIpc) is 3.17. The van der Waals surface area contributed by atoms with Gasteiger partial charge in [-0.3, -0.25) is 9.59 Å². The highest BCUT2D eigenvalue weighted by Gasteiger charge is 2.39. The molecule has 0 saturated carbocycles. The van der Waals surface area contributed by atoms with E-state index in [0.29, 0.717) is 26.1 Å². The van der Waals surface area contributed by atoms with Gasteiger partial charge in [-0.05, 0) is 44.9 Å². The maximum atomic E-state index is 12.9. The normalized spacial score (nSPS) is 19.9. The van der Waals surface area contributed by atoms with Crippen LogP contribution in [0.15, 0.2) is 18.2 Å². The fourth-order valence-electron chi connectivity index (χ4n) is 3.69. The zero-order valence-corrected chi connectivity index (χ0v) is 15.7. The summed E-state index contributed by atoms with van der Waals surface area (Å²) >= 11 is 0. The first-order chi connectivity index (χ1) is 12.4. The van der Waals surface area contributed by atoms with Crippen molar-refractivity contribution < 1.29 is 9.59 Å². The number of fused-ring (bicyclic) bond motifs is 1. The van der Waals surface area contributed by atoms with Crippen LogP contribution in [0.3, 0.4) is 0 Å². The van der Waals surface area contributed by atoms with Gasteiger partial charge in [0.2, 0.25) is 11.8 Å². The molecule has 0 bridgehead atoms. The topological polar surface area (TPSA) is 95.3 Å². The quantitative estimate of drug-likeness (QED) is 0.841. The molecule has 1 aliphatic rings. The number of likely N-dealkylation sites (tertiary alicyclic amines) is 1. The van der Waals surface area contributed by atoms with Crippen LogP contribution in [0.5, 0.6) is 0 Å². The molecular weight excluding hydrogens is 330 g/mol. The molecule has 7 nitrogen and oxygen atoms in total. The molecule has 2 heterocycles. The van der Waals surface area contributed by atoms with Crippen molar-refractivity contribution in [3.63, 3.8) is 0 Å². The van der Waals surface area contributed by atoms with Crippen LogP contribution in [0.2, 0.25) is 0 Å². The lowest BCUT2D eigenvalue weighted by molar-refractivity contribution is -0.143. The highest BCUT2D eigenvalue weighted by Crippen LogP contribution is 2.21. The summed E-state index contributed by atoms with van der Waals surface area (Å²) in [7, 11) is 0. The summed E-state index contributed by atoms with van der Waals surface area (Å²) in [4.78, 5) is 36.6.